The Labute approximate surface area is 107 Å². The predicted molar refractivity (Wildman–Crippen MR) is 66.8 cm³/mol. The van der Waals surface area contributed by atoms with E-state index in [2.05, 4.69) is 15.4 Å². The van der Waals surface area contributed by atoms with Crippen LogP contribution in [0.2, 0.25) is 0 Å². The van der Waals surface area contributed by atoms with Crippen molar-refractivity contribution >= 4 is 28.8 Å². The molecule has 1 atom stereocenters. The highest BCUT2D eigenvalue weighted by atomic mass is 32.2. The molecular weight excluding hydrogens is 256 g/mol. The molecular formula is C10H12N4O3S. The largest absolute Gasteiger partial charge is 0.476 e. The molecule has 0 aromatic carbocycles. The first-order valence-electron chi connectivity index (χ1n) is 5.34. The minimum Gasteiger partial charge on any atom is -0.476 e. The molecule has 0 fully saturated rings. The summed E-state index contributed by atoms with van der Waals surface area (Å²) in [7, 11) is 0. The van der Waals surface area contributed by atoms with E-state index in [1.54, 1.807) is 6.92 Å². The third-order valence-corrected chi connectivity index (χ3v) is 3.31. The number of hydrogen-bond acceptors (Lipinski definition) is 5. The molecule has 0 bridgehead atoms. The van der Waals surface area contributed by atoms with E-state index < -0.39 is 12.0 Å². The van der Waals surface area contributed by atoms with Crippen molar-refractivity contribution in [1.29, 1.82) is 0 Å². The summed E-state index contributed by atoms with van der Waals surface area (Å²) in [6.45, 7) is 2.35. The summed E-state index contributed by atoms with van der Waals surface area (Å²) in [5, 5.41) is 15.9. The molecule has 2 N–H and O–H groups in total. The quantitative estimate of drug-likeness (QED) is 0.825. The number of aromatic carboxylic acids is 1. The van der Waals surface area contributed by atoms with E-state index >= 15 is 0 Å². The molecule has 1 unspecified atom stereocenters. The topological polar surface area (TPSA) is 96.6 Å². The second-order valence-electron chi connectivity index (χ2n) is 3.69. The lowest BCUT2D eigenvalue weighted by Crippen LogP contribution is -2.34. The number of hydrogen-bond donors (Lipinski definition) is 2. The van der Waals surface area contributed by atoms with Crippen LogP contribution in [0.5, 0.6) is 0 Å². The van der Waals surface area contributed by atoms with Crippen LogP contribution in [0.15, 0.2) is 17.3 Å². The first kappa shape index (κ1) is 12.6. The fraction of sp³-hybridized carbons (Fsp3) is 0.400. The molecule has 1 amide bonds. The van der Waals surface area contributed by atoms with Crippen molar-refractivity contribution in [3.63, 3.8) is 0 Å². The Morgan fingerprint density at radius 1 is 1.61 bits per heavy atom. The Hall–Kier alpha value is -1.83. The smallest absolute Gasteiger partial charge is 0.356 e. The van der Waals surface area contributed by atoms with E-state index in [9.17, 15) is 9.59 Å². The summed E-state index contributed by atoms with van der Waals surface area (Å²) < 4.78 is 1.32. The lowest BCUT2D eigenvalue weighted by Gasteiger charge is -2.11. The highest BCUT2D eigenvalue weighted by molar-refractivity contribution is 8.14. The Morgan fingerprint density at radius 3 is 2.94 bits per heavy atom. The van der Waals surface area contributed by atoms with E-state index in [1.165, 1.54) is 28.7 Å². The van der Waals surface area contributed by atoms with Gasteiger partial charge in [0.25, 0.3) is 0 Å². The van der Waals surface area contributed by atoms with E-state index in [4.69, 9.17) is 5.11 Å². The van der Waals surface area contributed by atoms with E-state index in [1.807, 2.05) is 0 Å². The molecule has 1 aliphatic heterocycles. The minimum atomic E-state index is -1.11. The van der Waals surface area contributed by atoms with Crippen LogP contribution in [0, 0.1) is 0 Å². The molecule has 0 spiro atoms. The number of nitrogens with zero attached hydrogens (tertiary/aromatic N) is 3. The number of aromatic nitrogens is 2. The van der Waals surface area contributed by atoms with Crippen LogP contribution in [0.4, 0.5) is 0 Å². The molecule has 18 heavy (non-hydrogen) atoms. The predicted octanol–water partition coefficient (Wildman–Crippen LogP) is 0.361. The third kappa shape index (κ3) is 2.70. The average Bonchev–Trinajstić information content (AvgIpc) is 2.98. The maximum absolute atomic E-state index is 11.9. The van der Waals surface area contributed by atoms with Gasteiger partial charge in [-0.15, -0.1) is 0 Å². The lowest BCUT2D eigenvalue weighted by molar-refractivity contribution is -0.122. The molecule has 2 heterocycles. The van der Waals surface area contributed by atoms with Gasteiger partial charge >= 0.3 is 5.97 Å². The fourth-order valence-corrected chi connectivity index (χ4v) is 2.14. The lowest BCUT2D eigenvalue weighted by atomic mass is 10.3. The molecule has 8 heteroatoms. The number of amides is 1. The van der Waals surface area contributed by atoms with Crippen LogP contribution in [-0.4, -0.2) is 44.2 Å². The van der Waals surface area contributed by atoms with Crippen molar-refractivity contribution in [2.75, 3.05) is 12.3 Å². The van der Waals surface area contributed by atoms with E-state index in [-0.39, 0.29) is 11.6 Å². The maximum Gasteiger partial charge on any atom is 0.356 e. The van der Waals surface area contributed by atoms with Crippen molar-refractivity contribution in [3.05, 3.63) is 18.0 Å². The molecule has 1 aromatic heterocycles. The van der Waals surface area contributed by atoms with Crippen LogP contribution in [0.3, 0.4) is 0 Å². The second-order valence-corrected chi connectivity index (χ2v) is 4.77. The second kappa shape index (κ2) is 5.21. The number of carbonyl (C=O) groups excluding carboxylic acids is 1. The fourth-order valence-electron chi connectivity index (χ4n) is 1.41. The normalized spacial score (nSPS) is 16.2. The van der Waals surface area contributed by atoms with Gasteiger partial charge in [-0.2, -0.15) is 5.10 Å². The van der Waals surface area contributed by atoms with Gasteiger partial charge in [0.15, 0.2) is 10.9 Å². The maximum atomic E-state index is 11.9. The van der Waals surface area contributed by atoms with Crippen LogP contribution in [0.1, 0.15) is 23.5 Å². The zero-order chi connectivity index (χ0) is 13.1. The van der Waals surface area contributed by atoms with Gasteiger partial charge in [-0.1, -0.05) is 11.8 Å². The van der Waals surface area contributed by atoms with Crippen LogP contribution in [0.25, 0.3) is 0 Å². The van der Waals surface area contributed by atoms with Gasteiger partial charge in [0.2, 0.25) is 5.91 Å². The summed E-state index contributed by atoms with van der Waals surface area (Å²) in [5.74, 6) is -0.505. The van der Waals surface area contributed by atoms with Gasteiger partial charge in [0.1, 0.15) is 6.04 Å². The van der Waals surface area contributed by atoms with Crippen molar-refractivity contribution in [2.45, 2.75) is 13.0 Å². The van der Waals surface area contributed by atoms with Crippen molar-refractivity contribution in [3.8, 4) is 0 Å². The standard InChI is InChI=1S/C10H12N4O3S/c1-6(8(15)12-10-11-3-5-18-10)14-4-2-7(13-14)9(16)17/h2,4,6H,3,5H2,1H3,(H,16,17)(H,11,12,15). The molecule has 7 nitrogen and oxygen atoms in total. The Kier molecular flexibility index (Phi) is 3.66. The average molecular weight is 268 g/mol. The molecule has 2 rings (SSSR count). The molecule has 1 aliphatic rings. The Balaban J connectivity index is 2.02. The summed E-state index contributed by atoms with van der Waals surface area (Å²) in [5.41, 5.74) is -0.0813. The third-order valence-electron chi connectivity index (χ3n) is 2.42. The first-order valence-corrected chi connectivity index (χ1v) is 6.33. The number of nitrogens with one attached hydrogen (secondary N) is 1. The number of aliphatic imine (C=N–C) groups is 1. The van der Waals surface area contributed by atoms with E-state index in [0.717, 1.165) is 5.75 Å². The number of carboxylic acids is 1. The number of carboxylic acid groups (broad SMARTS) is 1. The van der Waals surface area contributed by atoms with Gasteiger partial charge < -0.3 is 10.4 Å². The van der Waals surface area contributed by atoms with Crippen LogP contribution >= 0.6 is 11.8 Å². The van der Waals surface area contributed by atoms with Gasteiger partial charge in [-0.25, -0.2) is 4.79 Å². The molecule has 0 saturated heterocycles. The number of amidine groups is 1. The van der Waals surface area contributed by atoms with Gasteiger partial charge in [0, 0.05) is 11.9 Å². The molecule has 0 radical (unpaired) electrons. The van der Waals surface area contributed by atoms with Crippen molar-refractivity contribution in [2.24, 2.45) is 4.99 Å². The summed E-state index contributed by atoms with van der Waals surface area (Å²) in [4.78, 5) is 26.7. The molecule has 0 aliphatic carbocycles. The molecule has 96 valence electrons. The number of rotatable bonds is 3. The van der Waals surface area contributed by atoms with Crippen LogP contribution in [-0.2, 0) is 4.79 Å². The number of carbonyl (C=O) groups is 2. The van der Waals surface area contributed by atoms with Gasteiger partial charge in [-0.3, -0.25) is 14.5 Å². The van der Waals surface area contributed by atoms with Crippen LogP contribution < -0.4 is 5.32 Å². The van der Waals surface area contributed by atoms with Gasteiger partial charge in [0.05, 0.1) is 6.54 Å². The van der Waals surface area contributed by atoms with E-state index in [0.29, 0.717) is 11.7 Å². The summed E-state index contributed by atoms with van der Waals surface area (Å²) >= 11 is 1.49. The van der Waals surface area contributed by atoms with Crippen molar-refractivity contribution < 1.29 is 14.7 Å². The van der Waals surface area contributed by atoms with Gasteiger partial charge in [-0.05, 0) is 13.0 Å². The molecule has 1 aromatic rings. The highest BCUT2D eigenvalue weighted by Crippen LogP contribution is 2.11. The number of thioether (sulfide) groups is 1. The van der Waals surface area contributed by atoms with Crippen molar-refractivity contribution in [1.82, 2.24) is 15.1 Å². The first-order chi connectivity index (χ1) is 8.58. The minimum absolute atomic E-state index is 0.0813. The molecule has 0 saturated carbocycles. The Bertz CT molecular complexity index is 511. The SMILES string of the molecule is CC(C(=O)NC1=NCCS1)n1ccc(C(=O)O)n1. The zero-order valence-electron chi connectivity index (χ0n) is 9.66. The highest BCUT2D eigenvalue weighted by Gasteiger charge is 2.20. The Morgan fingerprint density at radius 2 is 2.39 bits per heavy atom. The summed E-state index contributed by atoms with van der Waals surface area (Å²) in [6, 6.07) is 0.774. The monoisotopic (exact) mass is 268 g/mol. The zero-order valence-corrected chi connectivity index (χ0v) is 10.5. The summed E-state index contributed by atoms with van der Waals surface area (Å²) in [6.07, 6.45) is 1.47.